The van der Waals surface area contributed by atoms with Crippen LogP contribution in [0.25, 0.3) is 21.9 Å². The van der Waals surface area contributed by atoms with Gasteiger partial charge in [-0.3, -0.25) is 0 Å². The van der Waals surface area contributed by atoms with Gasteiger partial charge in [-0.15, -0.1) is 0 Å². The fraction of sp³-hybridized carbons (Fsp3) is 0.320. The van der Waals surface area contributed by atoms with Crippen LogP contribution in [0, 0.1) is 24.6 Å². The van der Waals surface area contributed by atoms with Gasteiger partial charge in [0.1, 0.15) is 23.6 Å². The maximum Gasteiger partial charge on any atom is 0.144 e. The number of benzene rings is 1. The van der Waals surface area contributed by atoms with Crippen molar-refractivity contribution in [3.05, 3.63) is 70.5 Å². The number of pyridine rings is 1. The molecule has 1 aliphatic carbocycles. The molecule has 4 aromatic rings. The van der Waals surface area contributed by atoms with Gasteiger partial charge in [0.2, 0.25) is 0 Å². The minimum absolute atomic E-state index is 0.219. The first-order valence-corrected chi connectivity index (χ1v) is 11.2. The number of hydrogen-bond acceptors (Lipinski definition) is 4. The monoisotopic (exact) mass is 449 g/mol. The fourth-order valence-corrected chi connectivity index (χ4v) is 5.18. The Balaban J connectivity index is 1.43. The van der Waals surface area contributed by atoms with Crippen LogP contribution in [0.5, 0.6) is 0 Å². The topological polar surface area (TPSA) is 69.6 Å². The number of fused-ring (bicyclic) bond motifs is 2. The summed E-state index contributed by atoms with van der Waals surface area (Å²) in [4.78, 5) is 13.1. The van der Waals surface area contributed by atoms with Gasteiger partial charge >= 0.3 is 0 Å². The first-order chi connectivity index (χ1) is 15.3. The molecular weight excluding hydrogens is 425 g/mol. The van der Waals surface area contributed by atoms with Crippen LogP contribution in [-0.4, -0.2) is 19.5 Å². The van der Waals surface area contributed by atoms with E-state index in [1.165, 1.54) is 5.57 Å². The Morgan fingerprint density at radius 1 is 1.25 bits per heavy atom. The Morgan fingerprint density at radius 2 is 2.06 bits per heavy atom. The van der Waals surface area contributed by atoms with Gasteiger partial charge in [0, 0.05) is 17.0 Å². The second-order valence-electron chi connectivity index (χ2n) is 8.90. The average molecular weight is 450 g/mol. The van der Waals surface area contributed by atoms with Gasteiger partial charge in [-0.05, 0) is 61.4 Å². The van der Waals surface area contributed by atoms with E-state index < -0.39 is 0 Å². The minimum atomic E-state index is -0.320. The molecular formula is C25H25ClFN5. The van der Waals surface area contributed by atoms with Crippen LogP contribution >= 0.6 is 11.6 Å². The highest BCUT2D eigenvalue weighted by Gasteiger charge is 2.28. The van der Waals surface area contributed by atoms with Gasteiger partial charge in [-0.2, -0.15) is 0 Å². The summed E-state index contributed by atoms with van der Waals surface area (Å²) >= 11 is 6.02. The van der Waals surface area contributed by atoms with Crippen molar-refractivity contribution < 1.29 is 4.39 Å². The lowest BCUT2D eigenvalue weighted by Crippen LogP contribution is -2.08. The maximum absolute atomic E-state index is 14.7. The number of nitrogens with zero attached hydrogens (tertiary/aromatic N) is 4. The Labute approximate surface area is 191 Å². The van der Waals surface area contributed by atoms with E-state index in [9.17, 15) is 4.39 Å². The molecule has 0 amide bonds. The third-order valence-corrected chi connectivity index (χ3v) is 6.95. The Morgan fingerprint density at radius 3 is 2.88 bits per heavy atom. The molecule has 1 aromatic carbocycles. The van der Waals surface area contributed by atoms with E-state index >= 15 is 0 Å². The molecule has 0 bridgehead atoms. The molecule has 3 aromatic heterocycles. The van der Waals surface area contributed by atoms with Crippen molar-refractivity contribution in [1.29, 1.82) is 0 Å². The van der Waals surface area contributed by atoms with E-state index in [0.29, 0.717) is 16.8 Å². The smallest absolute Gasteiger partial charge is 0.144 e. The van der Waals surface area contributed by atoms with Crippen molar-refractivity contribution in [2.24, 2.45) is 11.8 Å². The molecule has 0 radical (unpaired) electrons. The number of nitrogen functional groups attached to an aromatic ring is 1. The summed E-state index contributed by atoms with van der Waals surface area (Å²) in [5, 5.41) is 1.76. The normalized spacial score (nSPS) is 19.6. The van der Waals surface area contributed by atoms with Crippen LogP contribution in [0.1, 0.15) is 37.6 Å². The Kier molecular flexibility index (Phi) is 5.13. The summed E-state index contributed by atoms with van der Waals surface area (Å²) in [5.41, 5.74) is 10.6. The molecule has 2 N–H and O–H groups in total. The lowest BCUT2D eigenvalue weighted by Gasteiger charge is -2.18. The van der Waals surface area contributed by atoms with Gasteiger partial charge in [-0.25, -0.2) is 19.3 Å². The van der Waals surface area contributed by atoms with Gasteiger partial charge in [-0.1, -0.05) is 37.1 Å². The van der Waals surface area contributed by atoms with E-state index in [-0.39, 0.29) is 28.6 Å². The molecule has 0 aliphatic heterocycles. The Bertz CT molecular complexity index is 1380. The zero-order chi connectivity index (χ0) is 22.6. The van der Waals surface area contributed by atoms with Crippen LogP contribution in [0.2, 0.25) is 5.02 Å². The van der Waals surface area contributed by atoms with Crippen LogP contribution in [0.3, 0.4) is 0 Å². The van der Waals surface area contributed by atoms with E-state index in [4.69, 9.17) is 17.3 Å². The van der Waals surface area contributed by atoms with Gasteiger partial charge in [0.05, 0.1) is 22.3 Å². The summed E-state index contributed by atoms with van der Waals surface area (Å²) in [6, 6.07) is 7.39. The molecule has 1 aliphatic rings. The maximum atomic E-state index is 14.7. The number of rotatable bonds is 4. The van der Waals surface area contributed by atoms with Gasteiger partial charge < -0.3 is 10.3 Å². The predicted molar refractivity (Wildman–Crippen MR) is 127 cm³/mol. The lowest BCUT2D eigenvalue weighted by atomic mass is 9.88. The van der Waals surface area contributed by atoms with Gasteiger partial charge in [0.15, 0.2) is 0 Å². The van der Waals surface area contributed by atoms with Crippen LogP contribution in [0.15, 0.2) is 48.4 Å². The van der Waals surface area contributed by atoms with Crippen molar-refractivity contribution in [1.82, 2.24) is 19.5 Å². The summed E-state index contributed by atoms with van der Waals surface area (Å²) in [6.07, 6.45) is 7.85. The van der Waals surface area contributed by atoms with E-state index in [0.717, 1.165) is 35.1 Å². The number of aryl methyl sites for hydroxylation is 1. The molecule has 5 nitrogen and oxygen atoms in total. The highest BCUT2D eigenvalue weighted by Crippen LogP contribution is 2.40. The largest absolute Gasteiger partial charge is 0.382 e. The molecule has 0 saturated carbocycles. The molecule has 5 rings (SSSR count). The van der Waals surface area contributed by atoms with Crippen LogP contribution in [0.4, 0.5) is 10.2 Å². The molecule has 3 atom stereocenters. The average Bonchev–Trinajstić information content (AvgIpc) is 3.34. The van der Waals surface area contributed by atoms with E-state index in [1.54, 1.807) is 18.5 Å². The SMILES string of the molecule is Cc1ncnc2c1ccn2C1C=C(C(C)Cc2cc(F)c3cc(Cl)c(N)nc3c2)C(C)C1. The zero-order valence-corrected chi connectivity index (χ0v) is 19.1. The fourth-order valence-electron chi connectivity index (χ4n) is 5.03. The van der Waals surface area contributed by atoms with Crippen molar-refractivity contribution in [2.75, 3.05) is 5.73 Å². The third kappa shape index (κ3) is 3.52. The quantitative estimate of drug-likeness (QED) is 0.385. The highest BCUT2D eigenvalue weighted by molar-refractivity contribution is 6.33. The molecule has 3 heterocycles. The van der Waals surface area contributed by atoms with Crippen molar-refractivity contribution >= 4 is 39.4 Å². The number of anilines is 1. The molecule has 164 valence electrons. The molecule has 0 fully saturated rings. The highest BCUT2D eigenvalue weighted by atomic mass is 35.5. The van der Waals surface area contributed by atoms with E-state index in [2.05, 4.69) is 51.7 Å². The third-order valence-electron chi connectivity index (χ3n) is 6.65. The molecule has 0 saturated heterocycles. The molecule has 32 heavy (non-hydrogen) atoms. The van der Waals surface area contributed by atoms with Crippen molar-refractivity contribution in [2.45, 2.75) is 39.7 Å². The summed E-state index contributed by atoms with van der Waals surface area (Å²) in [7, 11) is 0. The zero-order valence-electron chi connectivity index (χ0n) is 18.3. The number of nitrogens with two attached hydrogens (primary N) is 1. The molecule has 3 unspecified atom stereocenters. The summed E-state index contributed by atoms with van der Waals surface area (Å²) < 4.78 is 17.0. The predicted octanol–water partition coefficient (Wildman–Crippen LogP) is 6.05. The first kappa shape index (κ1) is 20.9. The van der Waals surface area contributed by atoms with Gasteiger partial charge in [0.25, 0.3) is 0 Å². The summed E-state index contributed by atoms with van der Waals surface area (Å²) in [6.45, 7) is 6.48. The van der Waals surface area contributed by atoms with E-state index in [1.807, 2.05) is 13.0 Å². The second kappa shape index (κ2) is 7.85. The van der Waals surface area contributed by atoms with Crippen molar-refractivity contribution in [3.8, 4) is 0 Å². The van der Waals surface area contributed by atoms with Crippen LogP contribution < -0.4 is 5.73 Å². The first-order valence-electron chi connectivity index (χ1n) is 10.9. The standard InChI is InChI=1S/C25H25ClFN5/c1-13(6-16-8-22(27)20-11-21(26)24(28)31-23(20)9-16)19-10-17(7-14(19)2)32-5-4-18-15(3)29-12-30-25(18)32/h4-5,8-14,17H,6-7H2,1-3H3,(H2,28,31). The second-order valence-corrected chi connectivity index (χ2v) is 9.30. The van der Waals surface area contributed by atoms with Crippen molar-refractivity contribution in [3.63, 3.8) is 0 Å². The number of halogens is 2. The minimum Gasteiger partial charge on any atom is -0.382 e. The molecule has 0 spiro atoms. The summed E-state index contributed by atoms with van der Waals surface area (Å²) in [5.74, 6) is 0.610. The number of allylic oxidation sites excluding steroid dienone is 2. The number of aromatic nitrogens is 4. The number of hydrogen-bond donors (Lipinski definition) is 1. The lowest BCUT2D eigenvalue weighted by molar-refractivity contribution is 0.503. The molecule has 7 heteroatoms. The Hall–Kier alpha value is -2.99. The van der Waals surface area contributed by atoms with Crippen LogP contribution in [-0.2, 0) is 6.42 Å².